The fraction of sp³-hybridized carbons (Fsp3) is 0.286. The van der Waals surface area contributed by atoms with E-state index in [1.807, 2.05) is 6.07 Å². The number of thiophene rings is 1. The number of likely N-dealkylation sites (tertiary alicyclic amines) is 1. The third-order valence-corrected chi connectivity index (χ3v) is 8.67. The van der Waals surface area contributed by atoms with Crippen LogP contribution in [0.3, 0.4) is 0 Å². The van der Waals surface area contributed by atoms with Gasteiger partial charge in [-0.25, -0.2) is 13.2 Å². The highest BCUT2D eigenvalue weighted by molar-refractivity contribution is 7.91. The third-order valence-electron chi connectivity index (χ3n) is 5.07. The largest absolute Gasteiger partial charge is 0.490 e. The molecule has 0 saturated carbocycles. The molecule has 0 spiro atoms. The number of fused-ring (bicyclic) bond motifs is 1. The minimum absolute atomic E-state index is 0.171. The summed E-state index contributed by atoms with van der Waals surface area (Å²) in [5.74, 6) is -2.88. The number of aliphatic carboxylic acids is 1. The van der Waals surface area contributed by atoms with Crippen LogP contribution in [0.15, 0.2) is 39.2 Å². The second-order valence-corrected chi connectivity index (χ2v) is 11.0. The highest BCUT2D eigenvalue weighted by atomic mass is 35.5. The van der Waals surface area contributed by atoms with Crippen molar-refractivity contribution < 1.29 is 40.7 Å². The predicted molar refractivity (Wildman–Crippen MR) is 123 cm³/mol. The summed E-state index contributed by atoms with van der Waals surface area (Å²) in [4.78, 5) is 23.1. The Morgan fingerprint density at radius 2 is 2.06 bits per heavy atom. The summed E-state index contributed by atoms with van der Waals surface area (Å²) >= 11 is 7.18. The lowest BCUT2D eigenvalue weighted by atomic mass is 10.2. The number of hydrogen-bond acceptors (Lipinski definition) is 7. The predicted octanol–water partition coefficient (Wildman–Crippen LogP) is 4.04. The number of amides is 1. The number of halogens is 4. The SMILES string of the molecule is Cc1c(S(=O)(=O)N[C@H]2CCN(Cc3coc(C#N)c3)C2=O)sc2ccc(Cl)cc12.O=C(O)C(F)(F)F. The molecule has 1 saturated heterocycles. The van der Waals surface area contributed by atoms with Crippen molar-refractivity contribution >= 4 is 54.9 Å². The molecule has 0 bridgehead atoms. The summed E-state index contributed by atoms with van der Waals surface area (Å²) in [6.45, 7) is 2.42. The van der Waals surface area contributed by atoms with Gasteiger partial charge in [-0.05, 0) is 48.6 Å². The van der Waals surface area contributed by atoms with Crippen LogP contribution in [0.1, 0.15) is 23.3 Å². The van der Waals surface area contributed by atoms with Crippen molar-refractivity contribution in [3.63, 3.8) is 0 Å². The van der Waals surface area contributed by atoms with Gasteiger partial charge < -0.3 is 14.4 Å². The van der Waals surface area contributed by atoms with Gasteiger partial charge in [0.2, 0.25) is 11.7 Å². The molecule has 0 aliphatic carbocycles. The molecule has 1 fully saturated rings. The van der Waals surface area contributed by atoms with Crippen molar-refractivity contribution in [2.45, 2.75) is 36.3 Å². The summed E-state index contributed by atoms with van der Waals surface area (Å²) in [7, 11) is -3.86. The topological polar surface area (TPSA) is 141 Å². The van der Waals surface area contributed by atoms with Crippen LogP contribution in [0.4, 0.5) is 13.2 Å². The van der Waals surface area contributed by atoms with Crippen LogP contribution in [0.25, 0.3) is 10.1 Å². The zero-order chi connectivity index (χ0) is 26.8. The molecule has 3 heterocycles. The first kappa shape index (κ1) is 27.5. The van der Waals surface area contributed by atoms with E-state index in [9.17, 15) is 26.4 Å². The fourth-order valence-corrected chi connectivity index (χ4v) is 6.57. The third kappa shape index (κ3) is 6.16. The van der Waals surface area contributed by atoms with Crippen LogP contribution < -0.4 is 4.72 Å². The maximum Gasteiger partial charge on any atom is 0.490 e. The van der Waals surface area contributed by atoms with E-state index < -0.39 is 28.2 Å². The standard InChI is InChI=1S/C19H16ClN3O4S2.C2HF3O2/c1-11-15-7-13(20)2-3-17(15)28-19(11)29(25,26)22-16-4-5-23(18(16)24)9-12-6-14(8-21)27-10-12;3-2(4,5)1(6)7/h2-3,6-7,10,16,22H,4-5,9H2,1H3;(H,6,7)/t16-;/m0./s1. The number of carbonyl (C=O) groups is 2. The number of hydrogen-bond donors (Lipinski definition) is 2. The summed E-state index contributed by atoms with van der Waals surface area (Å²) in [6, 6.07) is 7.88. The normalized spacial score (nSPS) is 16.1. The molecule has 9 nitrogen and oxygen atoms in total. The number of carboxylic acids is 1. The van der Waals surface area contributed by atoms with Gasteiger partial charge in [-0.3, -0.25) is 4.79 Å². The van der Waals surface area contributed by atoms with Gasteiger partial charge in [0.15, 0.2) is 0 Å². The van der Waals surface area contributed by atoms with Crippen LogP contribution >= 0.6 is 22.9 Å². The van der Waals surface area contributed by atoms with Gasteiger partial charge in [0.1, 0.15) is 16.3 Å². The van der Waals surface area contributed by atoms with Gasteiger partial charge in [-0.15, -0.1) is 11.3 Å². The van der Waals surface area contributed by atoms with E-state index >= 15 is 0 Å². The maximum absolute atomic E-state index is 13.0. The van der Waals surface area contributed by atoms with Crippen molar-refractivity contribution in [2.75, 3.05) is 6.54 Å². The molecule has 3 aromatic rings. The minimum atomic E-state index is -5.08. The van der Waals surface area contributed by atoms with E-state index in [0.29, 0.717) is 29.1 Å². The second kappa shape index (κ2) is 10.5. The van der Waals surface area contributed by atoms with Gasteiger partial charge in [-0.1, -0.05) is 11.6 Å². The minimum Gasteiger partial charge on any atom is -0.475 e. The van der Waals surface area contributed by atoms with E-state index in [1.54, 1.807) is 36.1 Å². The van der Waals surface area contributed by atoms with Gasteiger partial charge in [-0.2, -0.15) is 23.2 Å². The molecule has 192 valence electrons. The Bertz CT molecular complexity index is 1460. The first-order valence-corrected chi connectivity index (χ1v) is 12.7. The highest BCUT2D eigenvalue weighted by Gasteiger charge is 2.38. The van der Waals surface area contributed by atoms with Crippen LogP contribution in [0.5, 0.6) is 0 Å². The molecule has 2 aromatic heterocycles. The molecule has 1 aliphatic heterocycles. The number of nitrogens with zero attached hydrogens (tertiary/aromatic N) is 2. The van der Waals surface area contributed by atoms with Crippen molar-refractivity contribution in [2.24, 2.45) is 0 Å². The van der Waals surface area contributed by atoms with Crippen LogP contribution in [0.2, 0.25) is 5.02 Å². The monoisotopic (exact) mass is 563 g/mol. The van der Waals surface area contributed by atoms with Gasteiger partial charge >= 0.3 is 12.1 Å². The van der Waals surface area contributed by atoms with Crippen molar-refractivity contribution in [3.05, 3.63) is 52.4 Å². The second-order valence-electron chi connectivity index (χ2n) is 7.61. The lowest BCUT2D eigenvalue weighted by Crippen LogP contribution is -2.41. The zero-order valence-corrected chi connectivity index (χ0v) is 20.7. The lowest BCUT2D eigenvalue weighted by molar-refractivity contribution is -0.192. The summed E-state index contributed by atoms with van der Waals surface area (Å²) in [5, 5.41) is 17.3. The Kier molecular flexibility index (Phi) is 7.99. The van der Waals surface area contributed by atoms with E-state index in [0.717, 1.165) is 21.4 Å². The summed E-state index contributed by atoms with van der Waals surface area (Å²) < 4.78 is 66.3. The Labute approximate surface area is 211 Å². The molecule has 0 unspecified atom stereocenters. The molecule has 4 rings (SSSR count). The quantitative estimate of drug-likeness (QED) is 0.477. The van der Waals surface area contributed by atoms with Crippen molar-refractivity contribution in [1.29, 1.82) is 5.26 Å². The van der Waals surface area contributed by atoms with Gasteiger partial charge in [0.05, 0.1) is 6.26 Å². The Balaban J connectivity index is 0.000000454. The van der Waals surface area contributed by atoms with Crippen molar-refractivity contribution in [1.82, 2.24) is 9.62 Å². The number of benzene rings is 1. The number of carboxylic acid groups (broad SMARTS) is 1. The number of rotatable bonds is 5. The number of furan rings is 1. The zero-order valence-electron chi connectivity index (χ0n) is 18.3. The van der Waals surface area contributed by atoms with Crippen LogP contribution in [-0.2, 0) is 26.2 Å². The molecular weight excluding hydrogens is 547 g/mol. The van der Waals surface area contributed by atoms with E-state index in [-0.39, 0.29) is 22.4 Å². The van der Waals surface area contributed by atoms with E-state index in [1.165, 1.54) is 6.26 Å². The smallest absolute Gasteiger partial charge is 0.475 e. The van der Waals surface area contributed by atoms with Crippen molar-refractivity contribution in [3.8, 4) is 6.07 Å². The molecule has 36 heavy (non-hydrogen) atoms. The molecular formula is C21H17ClF3N3O6S2. The van der Waals surface area contributed by atoms with Crippen LogP contribution in [-0.4, -0.2) is 49.1 Å². The summed E-state index contributed by atoms with van der Waals surface area (Å²) in [5.41, 5.74) is 1.31. The van der Waals surface area contributed by atoms with Gasteiger partial charge in [0.25, 0.3) is 10.0 Å². The number of aryl methyl sites for hydroxylation is 1. The molecule has 1 amide bonds. The molecule has 2 N–H and O–H groups in total. The first-order chi connectivity index (χ1) is 16.7. The first-order valence-electron chi connectivity index (χ1n) is 10.0. The Morgan fingerprint density at radius 1 is 1.39 bits per heavy atom. The van der Waals surface area contributed by atoms with Gasteiger partial charge in [0, 0.05) is 28.4 Å². The average Bonchev–Trinajstić information content (AvgIpc) is 3.48. The van der Waals surface area contributed by atoms with E-state index in [2.05, 4.69) is 4.72 Å². The maximum atomic E-state index is 13.0. The molecule has 0 radical (unpaired) electrons. The molecule has 15 heteroatoms. The fourth-order valence-electron chi connectivity index (χ4n) is 3.41. The number of nitriles is 1. The Morgan fingerprint density at radius 3 is 2.64 bits per heavy atom. The highest BCUT2D eigenvalue weighted by Crippen LogP contribution is 2.35. The molecule has 1 atom stereocenters. The lowest BCUT2D eigenvalue weighted by Gasteiger charge is -2.16. The Hall–Kier alpha value is -3.12. The summed E-state index contributed by atoms with van der Waals surface area (Å²) in [6.07, 6.45) is -3.29. The average molecular weight is 564 g/mol. The molecule has 1 aromatic carbocycles. The number of carbonyl (C=O) groups excluding carboxylic acids is 1. The molecule has 1 aliphatic rings. The number of sulfonamides is 1. The number of alkyl halides is 3. The number of nitrogens with one attached hydrogen (secondary N) is 1. The van der Waals surface area contributed by atoms with E-state index in [4.69, 9.17) is 31.2 Å². The van der Waals surface area contributed by atoms with Crippen LogP contribution in [0, 0.1) is 18.3 Å².